The zero-order valence-electron chi connectivity index (χ0n) is 13.7. The average molecular weight is 341 g/mol. The van der Waals surface area contributed by atoms with Crippen LogP contribution in [0.15, 0.2) is 34.2 Å². The summed E-state index contributed by atoms with van der Waals surface area (Å²) in [5.74, 6) is 1.51. The summed E-state index contributed by atoms with van der Waals surface area (Å²) in [7, 11) is 0. The van der Waals surface area contributed by atoms with Gasteiger partial charge in [0, 0.05) is 22.7 Å². The minimum atomic E-state index is -0.115. The van der Waals surface area contributed by atoms with E-state index in [0.717, 1.165) is 30.3 Å². The molecule has 0 unspecified atom stereocenters. The molecule has 0 saturated carbocycles. The van der Waals surface area contributed by atoms with Crippen LogP contribution in [-0.4, -0.2) is 27.5 Å². The van der Waals surface area contributed by atoms with Crippen LogP contribution in [0.1, 0.15) is 60.7 Å². The van der Waals surface area contributed by atoms with E-state index in [1.54, 1.807) is 11.3 Å². The van der Waals surface area contributed by atoms with E-state index < -0.39 is 0 Å². The second-order valence-corrected chi connectivity index (χ2v) is 7.42. The predicted octanol–water partition coefficient (Wildman–Crippen LogP) is 4.39. The van der Waals surface area contributed by atoms with Gasteiger partial charge in [-0.1, -0.05) is 19.0 Å². The van der Waals surface area contributed by atoms with Crippen molar-refractivity contribution in [3.05, 3.63) is 46.9 Å². The molecule has 6 heteroatoms. The Labute approximate surface area is 144 Å². The number of rotatable bonds is 3. The first-order chi connectivity index (χ1) is 11.6. The molecule has 5 nitrogen and oxygen atoms in total. The summed E-state index contributed by atoms with van der Waals surface area (Å²) in [5, 5.41) is 7.20. The number of benzene rings is 1. The largest absolute Gasteiger partial charge is 0.337 e. The summed E-state index contributed by atoms with van der Waals surface area (Å²) < 4.78 is 6.63. The lowest BCUT2D eigenvalue weighted by Gasteiger charge is -2.22. The number of thiophene rings is 1. The van der Waals surface area contributed by atoms with Crippen LogP contribution in [-0.2, 0) is 0 Å². The van der Waals surface area contributed by atoms with Gasteiger partial charge in [-0.25, -0.2) is 0 Å². The predicted molar refractivity (Wildman–Crippen MR) is 93.2 cm³/mol. The van der Waals surface area contributed by atoms with E-state index in [4.69, 9.17) is 4.52 Å². The number of carbonyl (C=O) groups is 1. The van der Waals surface area contributed by atoms with Gasteiger partial charge in [-0.15, -0.1) is 11.3 Å². The molecule has 1 fully saturated rings. The summed E-state index contributed by atoms with van der Waals surface area (Å²) >= 11 is 1.68. The Morgan fingerprint density at radius 3 is 3.04 bits per heavy atom. The quantitative estimate of drug-likeness (QED) is 0.709. The molecule has 0 aliphatic carbocycles. The molecule has 1 aromatic carbocycles. The van der Waals surface area contributed by atoms with Gasteiger partial charge < -0.3 is 9.42 Å². The highest BCUT2D eigenvalue weighted by atomic mass is 32.1. The first-order valence-corrected chi connectivity index (χ1v) is 9.13. The molecule has 0 spiro atoms. The Hall–Kier alpha value is -2.21. The number of nitrogens with zero attached hydrogens (tertiary/aromatic N) is 3. The maximum atomic E-state index is 13.0. The number of aromatic nitrogens is 2. The molecule has 24 heavy (non-hydrogen) atoms. The Morgan fingerprint density at radius 1 is 1.38 bits per heavy atom. The molecule has 0 bridgehead atoms. The van der Waals surface area contributed by atoms with Gasteiger partial charge >= 0.3 is 0 Å². The van der Waals surface area contributed by atoms with E-state index in [1.807, 2.05) is 48.4 Å². The van der Waals surface area contributed by atoms with Crippen molar-refractivity contribution in [3.8, 4) is 0 Å². The Morgan fingerprint density at radius 2 is 2.25 bits per heavy atom. The van der Waals surface area contributed by atoms with E-state index in [1.165, 1.54) is 4.70 Å². The summed E-state index contributed by atoms with van der Waals surface area (Å²) in [6.07, 6.45) is 1.82. The van der Waals surface area contributed by atoms with Crippen LogP contribution in [0.3, 0.4) is 0 Å². The fourth-order valence-electron chi connectivity index (χ4n) is 3.15. The molecule has 1 saturated heterocycles. The average Bonchev–Trinajstić information content (AvgIpc) is 3.31. The zero-order valence-corrected chi connectivity index (χ0v) is 14.5. The van der Waals surface area contributed by atoms with Gasteiger partial charge in [0.15, 0.2) is 5.82 Å². The lowest BCUT2D eigenvalue weighted by molar-refractivity contribution is 0.0710. The minimum Gasteiger partial charge on any atom is -0.337 e. The third-order valence-electron chi connectivity index (χ3n) is 4.47. The van der Waals surface area contributed by atoms with Gasteiger partial charge in [-0.3, -0.25) is 4.79 Å². The van der Waals surface area contributed by atoms with Gasteiger partial charge in [-0.2, -0.15) is 4.98 Å². The number of carbonyl (C=O) groups excluding carboxylic acids is 1. The standard InChI is InChI=1S/C18H19N3O2S/c1-11(2)16-19-17(23-20-16)14-4-3-8-21(14)18(22)13-5-6-15-12(10-13)7-9-24-15/h5-7,9-11,14H,3-4,8H2,1-2H3/t14-/m0/s1. The summed E-state index contributed by atoms with van der Waals surface area (Å²) in [4.78, 5) is 19.3. The van der Waals surface area contributed by atoms with Gasteiger partial charge in [0.25, 0.3) is 5.91 Å². The Bertz CT molecular complexity index is 883. The number of fused-ring (bicyclic) bond motifs is 1. The monoisotopic (exact) mass is 341 g/mol. The Balaban J connectivity index is 1.62. The summed E-state index contributed by atoms with van der Waals surface area (Å²) in [6.45, 7) is 4.79. The fourth-order valence-corrected chi connectivity index (χ4v) is 3.92. The maximum absolute atomic E-state index is 13.0. The van der Waals surface area contributed by atoms with Crippen molar-refractivity contribution in [1.29, 1.82) is 0 Å². The van der Waals surface area contributed by atoms with Crippen LogP contribution in [0.4, 0.5) is 0 Å². The smallest absolute Gasteiger partial charge is 0.254 e. The highest BCUT2D eigenvalue weighted by Crippen LogP contribution is 2.33. The zero-order chi connectivity index (χ0) is 16.7. The molecule has 1 amide bonds. The lowest BCUT2D eigenvalue weighted by Crippen LogP contribution is -2.30. The van der Waals surface area contributed by atoms with Crippen LogP contribution in [0, 0.1) is 0 Å². The lowest BCUT2D eigenvalue weighted by atomic mass is 10.1. The highest BCUT2D eigenvalue weighted by molar-refractivity contribution is 7.17. The van der Waals surface area contributed by atoms with Crippen molar-refractivity contribution >= 4 is 27.3 Å². The molecule has 3 heterocycles. The highest BCUT2D eigenvalue weighted by Gasteiger charge is 2.34. The molecule has 0 N–H and O–H groups in total. The summed E-state index contributed by atoms with van der Waals surface area (Å²) in [5.41, 5.74) is 0.719. The van der Waals surface area contributed by atoms with Crippen LogP contribution in [0.25, 0.3) is 10.1 Å². The van der Waals surface area contributed by atoms with Crippen molar-refractivity contribution < 1.29 is 9.32 Å². The first kappa shape index (κ1) is 15.3. The second kappa shape index (κ2) is 6.02. The van der Waals surface area contributed by atoms with E-state index in [9.17, 15) is 4.79 Å². The minimum absolute atomic E-state index is 0.0369. The van der Waals surface area contributed by atoms with Gasteiger partial charge in [0.2, 0.25) is 5.89 Å². The van der Waals surface area contributed by atoms with Crippen molar-refractivity contribution in [1.82, 2.24) is 15.0 Å². The topological polar surface area (TPSA) is 59.2 Å². The van der Waals surface area contributed by atoms with Crippen LogP contribution < -0.4 is 0 Å². The molecule has 3 aromatic rings. The van der Waals surface area contributed by atoms with Crippen molar-refractivity contribution in [2.45, 2.75) is 38.6 Å². The van der Waals surface area contributed by atoms with Crippen LogP contribution in [0.2, 0.25) is 0 Å². The molecule has 1 atom stereocenters. The van der Waals surface area contributed by atoms with Crippen molar-refractivity contribution in [3.63, 3.8) is 0 Å². The number of amides is 1. The van der Waals surface area contributed by atoms with Crippen LogP contribution >= 0.6 is 11.3 Å². The Kier molecular flexibility index (Phi) is 3.84. The van der Waals surface area contributed by atoms with Gasteiger partial charge in [-0.05, 0) is 47.9 Å². The SMILES string of the molecule is CC(C)c1noc([C@@H]2CCCN2C(=O)c2ccc3sccc3c2)n1. The summed E-state index contributed by atoms with van der Waals surface area (Å²) in [6, 6.07) is 7.82. The van der Waals surface area contributed by atoms with Gasteiger partial charge in [0.05, 0.1) is 0 Å². The van der Waals surface area contributed by atoms with E-state index >= 15 is 0 Å². The van der Waals surface area contributed by atoms with Gasteiger partial charge in [0.1, 0.15) is 6.04 Å². The fraction of sp³-hybridized carbons (Fsp3) is 0.389. The number of hydrogen-bond acceptors (Lipinski definition) is 5. The molecule has 1 aliphatic heterocycles. The second-order valence-electron chi connectivity index (χ2n) is 6.48. The molecule has 4 rings (SSSR count). The molecule has 1 aliphatic rings. The van der Waals surface area contributed by atoms with Crippen LogP contribution in [0.5, 0.6) is 0 Å². The third-order valence-corrected chi connectivity index (χ3v) is 5.37. The van der Waals surface area contributed by atoms with E-state index in [-0.39, 0.29) is 17.9 Å². The molecule has 0 radical (unpaired) electrons. The molecular formula is C18H19N3O2S. The number of hydrogen-bond donors (Lipinski definition) is 0. The van der Waals surface area contributed by atoms with Crippen molar-refractivity contribution in [2.24, 2.45) is 0 Å². The first-order valence-electron chi connectivity index (χ1n) is 8.25. The van der Waals surface area contributed by atoms with E-state index in [0.29, 0.717) is 11.7 Å². The maximum Gasteiger partial charge on any atom is 0.254 e. The number of likely N-dealkylation sites (tertiary alicyclic amines) is 1. The normalized spacial score (nSPS) is 18.0. The molecular weight excluding hydrogens is 322 g/mol. The molecule has 2 aromatic heterocycles. The molecule has 124 valence electrons. The van der Waals surface area contributed by atoms with E-state index in [2.05, 4.69) is 10.1 Å². The van der Waals surface area contributed by atoms with Crippen molar-refractivity contribution in [2.75, 3.05) is 6.54 Å². The third kappa shape index (κ3) is 2.60.